The summed E-state index contributed by atoms with van der Waals surface area (Å²) < 4.78 is 0. The van der Waals surface area contributed by atoms with E-state index >= 15 is 0 Å². The number of hydrogen-bond acceptors (Lipinski definition) is 3. The normalized spacial score (nSPS) is 11.8. The molecular formula is C10H12N2O3. The standard InChI is InChI=1S/C10H12N2O3/c1-7(10(14)15)5-12-9(13)8-3-2-4-11-6-8/h2-4,6-7H,5H2,1H3,(H,12,13)(H,14,15). The maximum absolute atomic E-state index is 11.4. The number of carboxylic acids is 1. The molecule has 2 N–H and O–H groups in total. The molecular weight excluding hydrogens is 196 g/mol. The molecule has 0 bridgehead atoms. The molecule has 1 atom stereocenters. The Morgan fingerprint density at radius 3 is 2.87 bits per heavy atom. The SMILES string of the molecule is CC(CNC(=O)c1cccnc1)C(=O)O. The Labute approximate surface area is 87.1 Å². The van der Waals surface area contributed by atoms with E-state index in [1.165, 1.54) is 13.1 Å². The van der Waals surface area contributed by atoms with E-state index in [0.717, 1.165) is 0 Å². The van der Waals surface area contributed by atoms with E-state index in [4.69, 9.17) is 5.11 Å². The molecule has 1 amide bonds. The summed E-state index contributed by atoms with van der Waals surface area (Å²) in [5.41, 5.74) is 0.426. The molecule has 0 aliphatic rings. The summed E-state index contributed by atoms with van der Waals surface area (Å²) in [5.74, 6) is -1.83. The number of carbonyl (C=O) groups excluding carboxylic acids is 1. The lowest BCUT2D eigenvalue weighted by atomic mass is 10.2. The lowest BCUT2D eigenvalue weighted by molar-refractivity contribution is -0.140. The van der Waals surface area contributed by atoms with Crippen molar-refractivity contribution in [3.8, 4) is 0 Å². The number of pyridine rings is 1. The number of rotatable bonds is 4. The molecule has 1 aromatic rings. The Morgan fingerprint density at radius 1 is 1.60 bits per heavy atom. The Morgan fingerprint density at radius 2 is 2.33 bits per heavy atom. The second-order valence-corrected chi connectivity index (χ2v) is 3.19. The van der Waals surface area contributed by atoms with Gasteiger partial charge in [-0.2, -0.15) is 0 Å². The van der Waals surface area contributed by atoms with Gasteiger partial charge in [-0.1, -0.05) is 6.92 Å². The maximum Gasteiger partial charge on any atom is 0.308 e. The van der Waals surface area contributed by atoms with Crippen molar-refractivity contribution >= 4 is 11.9 Å². The van der Waals surface area contributed by atoms with Crippen molar-refractivity contribution in [3.05, 3.63) is 30.1 Å². The van der Waals surface area contributed by atoms with Crippen molar-refractivity contribution < 1.29 is 14.7 Å². The Bertz CT molecular complexity index is 351. The van der Waals surface area contributed by atoms with Crippen LogP contribution in [0.4, 0.5) is 0 Å². The summed E-state index contributed by atoms with van der Waals surface area (Å²) in [4.78, 5) is 25.7. The van der Waals surface area contributed by atoms with Gasteiger partial charge < -0.3 is 10.4 Å². The molecule has 1 heterocycles. The van der Waals surface area contributed by atoms with Crippen LogP contribution in [-0.2, 0) is 4.79 Å². The number of hydrogen-bond donors (Lipinski definition) is 2. The number of amides is 1. The fourth-order valence-corrected chi connectivity index (χ4v) is 0.932. The molecule has 0 saturated carbocycles. The van der Waals surface area contributed by atoms with E-state index in [0.29, 0.717) is 5.56 Å². The maximum atomic E-state index is 11.4. The number of carboxylic acid groups (broad SMARTS) is 1. The molecule has 0 fully saturated rings. The Kier molecular flexibility index (Phi) is 3.79. The molecule has 5 heteroatoms. The first kappa shape index (κ1) is 11.2. The summed E-state index contributed by atoms with van der Waals surface area (Å²) in [6, 6.07) is 3.27. The van der Waals surface area contributed by atoms with Crippen molar-refractivity contribution in [2.45, 2.75) is 6.92 Å². The Hall–Kier alpha value is -1.91. The average molecular weight is 208 g/mol. The van der Waals surface area contributed by atoms with Crippen LogP contribution in [0.2, 0.25) is 0 Å². The van der Waals surface area contributed by atoms with Gasteiger partial charge in [-0.25, -0.2) is 0 Å². The van der Waals surface area contributed by atoms with Crippen molar-refractivity contribution in [2.75, 3.05) is 6.54 Å². The van der Waals surface area contributed by atoms with Crippen molar-refractivity contribution in [2.24, 2.45) is 5.92 Å². The van der Waals surface area contributed by atoms with Gasteiger partial charge in [0.15, 0.2) is 0 Å². The second-order valence-electron chi connectivity index (χ2n) is 3.19. The number of aromatic nitrogens is 1. The molecule has 80 valence electrons. The highest BCUT2D eigenvalue weighted by molar-refractivity contribution is 5.94. The van der Waals surface area contributed by atoms with Gasteiger partial charge in [0, 0.05) is 18.9 Å². The molecule has 0 radical (unpaired) electrons. The van der Waals surface area contributed by atoms with Crippen LogP contribution in [0.5, 0.6) is 0 Å². The van der Waals surface area contributed by atoms with Crippen LogP contribution in [0.3, 0.4) is 0 Å². The lowest BCUT2D eigenvalue weighted by Gasteiger charge is -2.07. The summed E-state index contributed by atoms with van der Waals surface area (Å²) in [6.07, 6.45) is 3.00. The van der Waals surface area contributed by atoms with Crippen molar-refractivity contribution in [1.82, 2.24) is 10.3 Å². The molecule has 0 aliphatic heterocycles. The number of aliphatic carboxylic acids is 1. The molecule has 5 nitrogen and oxygen atoms in total. The second kappa shape index (κ2) is 5.09. The molecule has 15 heavy (non-hydrogen) atoms. The van der Waals surface area contributed by atoms with Gasteiger partial charge in [-0.3, -0.25) is 14.6 Å². The van der Waals surface area contributed by atoms with Gasteiger partial charge in [0.1, 0.15) is 0 Å². The minimum absolute atomic E-state index is 0.114. The van der Waals surface area contributed by atoms with Gasteiger partial charge in [-0.15, -0.1) is 0 Å². The van der Waals surface area contributed by atoms with Gasteiger partial charge in [-0.05, 0) is 12.1 Å². The minimum Gasteiger partial charge on any atom is -0.481 e. The Balaban J connectivity index is 2.47. The average Bonchev–Trinajstić information content (AvgIpc) is 2.26. The smallest absolute Gasteiger partial charge is 0.308 e. The van der Waals surface area contributed by atoms with Crippen molar-refractivity contribution in [1.29, 1.82) is 0 Å². The number of nitrogens with one attached hydrogen (secondary N) is 1. The molecule has 0 aromatic carbocycles. The zero-order valence-electron chi connectivity index (χ0n) is 8.30. The molecule has 0 aliphatic carbocycles. The third-order valence-corrected chi connectivity index (χ3v) is 1.91. The van der Waals surface area contributed by atoms with E-state index < -0.39 is 11.9 Å². The number of nitrogens with zero attached hydrogens (tertiary/aromatic N) is 1. The highest BCUT2D eigenvalue weighted by Crippen LogP contribution is 1.97. The van der Waals surface area contributed by atoms with Gasteiger partial charge in [0.05, 0.1) is 11.5 Å². The first-order valence-electron chi connectivity index (χ1n) is 4.52. The van der Waals surface area contributed by atoms with E-state index in [9.17, 15) is 9.59 Å². The van der Waals surface area contributed by atoms with Crippen LogP contribution >= 0.6 is 0 Å². The first-order chi connectivity index (χ1) is 7.11. The fourth-order valence-electron chi connectivity index (χ4n) is 0.932. The molecule has 1 rings (SSSR count). The van der Waals surface area contributed by atoms with Crippen LogP contribution in [0.15, 0.2) is 24.5 Å². The monoisotopic (exact) mass is 208 g/mol. The quantitative estimate of drug-likeness (QED) is 0.756. The highest BCUT2D eigenvalue weighted by Gasteiger charge is 2.12. The highest BCUT2D eigenvalue weighted by atomic mass is 16.4. The van der Waals surface area contributed by atoms with Crippen molar-refractivity contribution in [3.63, 3.8) is 0 Å². The van der Waals surface area contributed by atoms with Gasteiger partial charge in [0.2, 0.25) is 0 Å². The molecule has 0 saturated heterocycles. The molecule has 1 aromatic heterocycles. The van der Waals surface area contributed by atoms with E-state index in [2.05, 4.69) is 10.3 Å². The first-order valence-corrected chi connectivity index (χ1v) is 4.52. The lowest BCUT2D eigenvalue weighted by Crippen LogP contribution is -2.31. The van der Waals surface area contributed by atoms with E-state index in [1.807, 2.05) is 0 Å². The molecule has 0 spiro atoms. The van der Waals surface area contributed by atoms with Crippen LogP contribution in [0, 0.1) is 5.92 Å². The van der Waals surface area contributed by atoms with Crippen LogP contribution in [0.1, 0.15) is 17.3 Å². The van der Waals surface area contributed by atoms with Gasteiger partial charge in [0.25, 0.3) is 5.91 Å². The third-order valence-electron chi connectivity index (χ3n) is 1.91. The summed E-state index contributed by atoms with van der Waals surface area (Å²) in [5, 5.41) is 11.1. The molecule has 1 unspecified atom stereocenters. The summed E-state index contributed by atoms with van der Waals surface area (Å²) in [7, 11) is 0. The topological polar surface area (TPSA) is 79.3 Å². The van der Waals surface area contributed by atoms with E-state index in [-0.39, 0.29) is 12.5 Å². The minimum atomic E-state index is -0.929. The fraction of sp³-hybridized carbons (Fsp3) is 0.300. The van der Waals surface area contributed by atoms with Crippen LogP contribution in [-0.4, -0.2) is 28.5 Å². The number of carbonyl (C=O) groups is 2. The van der Waals surface area contributed by atoms with Gasteiger partial charge >= 0.3 is 5.97 Å². The zero-order valence-corrected chi connectivity index (χ0v) is 8.30. The predicted octanol–water partition coefficient (Wildman–Crippen LogP) is 0.532. The summed E-state index contributed by atoms with van der Waals surface area (Å²) >= 11 is 0. The van der Waals surface area contributed by atoms with E-state index in [1.54, 1.807) is 18.3 Å². The third kappa shape index (κ3) is 3.38. The van der Waals surface area contributed by atoms with Crippen LogP contribution < -0.4 is 5.32 Å². The zero-order chi connectivity index (χ0) is 11.3. The summed E-state index contributed by atoms with van der Waals surface area (Å²) in [6.45, 7) is 1.65. The largest absolute Gasteiger partial charge is 0.481 e. The predicted molar refractivity (Wildman–Crippen MR) is 53.4 cm³/mol. The van der Waals surface area contributed by atoms with Crippen LogP contribution in [0.25, 0.3) is 0 Å².